The van der Waals surface area contributed by atoms with E-state index >= 15 is 0 Å². The lowest BCUT2D eigenvalue weighted by molar-refractivity contribution is -0.158. The Kier molecular flexibility index (Phi) is 7.24. The van der Waals surface area contributed by atoms with Crippen molar-refractivity contribution in [1.29, 1.82) is 0 Å². The Labute approximate surface area is 177 Å². The molecular formula is C23H31N3O4. The number of carbonyl (C=O) groups is 2. The molecule has 1 N–H and O–H groups in total. The number of aromatic nitrogens is 3. The van der Waals surface area contributed by atoms with Crippen molar-refractivity contribution >= 4 is 11.9 Å². The summed E-state index contributed by atoms with van der Waals surface area (Å²) in [6.45, 7) is 8.59. The van der Waals surface area contributed by atoms with Crippen molar-refractivity contribution in [2.75, 3.05) is 6.61 Å². The van der Waals surface area contributed by atoms with E-state index in [0.717, 1.165) is 18.4 Å². The number of esters is 2. The van der Waals surface area contributed by atoms with Crippen molar-refractivity contribution in [2.45, 2.75) is 59.0 Å². The first-order valence-electron chi connectivity index (χ1n) is 10.7. The molecule has 1 aromatic carbocycles. The van der Waals surface area contributed by atoms with E-state index in [4.69, 9.17) is 9.47 Å². The number of hydrogen-bond donors (Lipinski definition) is 1. The lowest BCUT2D eigenvalue weighted by Gasteiger charge is -2.37. The second-order valence-electron chi connectivity index (χ2n) is 8.40. The van der Waals surface area contributed by atoms with Gasteiger partial charge in [0.1, 0.15) is 24.3 Å². The highest BCUT2D eigenvalue weighted by Gasteiger charge is 2.37. The van der Waals surface area contributed by atoms with Gasteiger partial charge in [-0.2, -0.15) is 5.10 Å². The molecule has 3 rings (SSSR count). The number of carbonyl (C=O) groups excluding carboxylic acids is 2. The predicted octanol–water partition coefficient (Wildman–Crippen LogP) is 3.66. The monoisotopic (exact) mass is 413 g/mol. The molecule has 7 nitrogen and oxygen atoms in total. The summed E-state index contributed by atoms with van der Waals surface area (Å²) >= 11 is 0. The number of nitrogens with one attached hydrogen (secondary N) is 1. The van der Waals surface area contributed by atoms with Crippen LogP contribution in [0.4, 0.5) is 0 Å². The van der Waals surface area contributed by atoms with Crippen molar-refractivity contribution in [3.63, 3.8) is 0 Å². The van der Waals surface area contributed by atoms with Gasteiger partial charge in [0.05, 0.1) is 6.61 Å². The van der Waals surface area contributed by atoms with E-state index in [2.05, 4.69) is 36.0 Å². The molecule has 7 heteroatoms. The third kappa shape index (κ3) is 5.26. The average Bonchev–Trinajstić information content (AvgIpc) is 3.13. The molecule has 1 saturated carbocycles. The van der Waals surface area contributed by atoms with Crippen molar-refractivity contribution < 1.29 is 19.1 Å². The van der Waals surface area contributed by atoms with Gasteiger partial charge in [0.25, 0.3) is 0 Å². The molecule has 0 saturated heterocycles. The first kappa shape index (κ1) is 22.0. The Hall–Kier alpha value is -2.70. The van der Waals surface area contributed by atoms with Crippen LogP contribution in [-0.4, -0.2) is 39.8 Å². The fourth-order valence-electron chi connectivity index (χ4n) is 4.53. The van der Waals surface area contributed by atoms with Gasteiger partial charge < -0.3 is 9.47 Å². The standard InChI is InChI=1S/C23H31N3O4/c1-5-29-19(27)13-18-24-22(26-25-18)20(17-9-7-6-8-10-17)23(28)30-21-15(3)11-14(2)12-16(21)4/h6-10,14-16,20-21H,5,11-13H2,1-4H3,(H,24,25,26). The van der Waals surface area contributed by atoms with E-state index in [-0.39, 0.29) is 18.5 Å². The number of H-pyrrole nitrogens is 1. The molecule has 162 valence electrons. The van der Waals surface area contributed by atoms with Gasteiger partial charge in [0, 0.05) is 0 Å². The van der Waals surface area contributed by atoms with Crippen molar-refractivity contribution in [2.24, 2.45) is 17.8 Å². The molecule has 1 aliphatic rings. The maximum absolute atomic E-state index is 13.3. The molecule has 30 heavy (non-hydrogen) atoms. The first-order valence-corrected chi connectivity index (χ1v) is 10.7. The van der Waals surface area contributed by atoms with Gasteiger partial charge in [-0.05, 0) is 43.1 Å². The van der Waals surface area contributed by atoms with Gasteiger partial charge in [0.2, 0.25) is 0 Å². The third-order valence-corrected chi connectivity index (χ3v) is 5.72. The zero-order chi connectivity index (χ0) is 21.7. The average molecular weight is 414 g/mol. The Morgan fingerprint density at radius 3 is 2.43 bits per heavy atom. The van der Waals surface area contributed by atoms with Gasteiger partial charge in [-0.3, -0.25) is 14.7 Å². The Morgan fingerprint density at radius 1 is 1.13 bits per heavy atom. The van der Waals surface area contributed by atoms with E-state index < -0.39 is 11.9 Å². The molecule has 1 fully saturated rings. The lowest BCUT2D eigenvalue weighted by atomic mass is 9.75. The highest BCUT2D eigenvalue weighted by atomic mass is 16.5. The quantitative estimate of drug-likeness (QED) is 0.696. The lowest BCUT2D eigenvalue weighted by Crippen LogP contribution is -2.38. The summed E-state index contributed by atoms with van der Waals surface area (Å²) in [5, 5.41) is 6.98. The van der Waals surface area contributed by atoms with E-state index in [9.17, 15) is 9.59 Å². The minimum absolute atomic E-state index is 0.0218. The number of aromatic amines is 1. The molecule has 1 heterocycles. The number of hydrogen-bond acceptors (Lipinski definition) is 6. The smallest absolute Gasteiger partial charge is 0.321 e. The third-order valence-electron chi connectivity index (χ3n) is 5.72. The minimum Gasteiger partial charge on any atom is -0.466 e. The topological polar surface area (TPSA) is 94.2 Å². The fraction of sp³-hybridized carbons (Fsp3) is 0.565. The van der Waals surface area contributed by atoms with Crippen LogP contribution >= 0.6 is 0 Å². The summed E-state index contributed by atoms with van der Waals surface area (Å²) in [4.78, 5) is 29.5. The predicted molar refractivity (Wildman–Crippen MR) is 112 cm³/mol. The van der Waals surface area contributed by atoms with Crippen LogP contribution in [0, 0.1) is 17.8 Å². The van der Waals surface area contributed by atoms with Gasteiger partial charge in [-0.1, -0.05) is 51.1 Å². The van der Waals surface area contributed by atoms with Crippen LogP contribution in [-0.2, 0) is 25.5 Å². The summed E-state index contributed by atoms with van der Waals surface area (Å²) in [7, 11) is 0. The SMILES string of the molecule is CCOC(=O)Cc1nc(C(C(=O)OC2C(C)CC(C)CC2C)c2ccccc2)n[nH]1. The maximum Gasteiger partial charge on any atom is 0.321 e. The summed E-state index contributed by atoms with van der Waals surface area (Å²) in [5.41, 5.74) is 0.758. The van der Waals surface area contributed by atoms with Gasteiger partial charge in [-0.15, -0.1) is 0 Å². The van der Waals surface area contributed by atoms with Crippen LogP contribution in [0.2, 0.25) is 0 Å². The Bertz CT molecular complexity index is 839. The van der Waals surface area contributed by atoms with Crippen molar-refractivity contribution in [3.05, 3.63) is 47.5 Å². The van der Waals surface area contributed by atoms with E-state index in [1.165, 1.54) is 0 Å². The number of benzene rings is 1. The van der Waals surface area contributed by atoms with Crippen molar-refractivity contribution in [3.8, 4) is 0 Å². The normalized spacial score (nSPS) is 24.8. The number of nitrogens with zero attached hydrogens (tertiary/aromatic N) is 2. The highest BCUT2D eigenvalue weighted by Crippen LogP contribution is 2.36. The van der Waals surface area contributed by atoms with Crippen LogP contribution in [0.1, 0.15) is 63.7 Å². The first-order chi connectivity index (χ1) is 14.4. The second-order valence-corrected chi connectivity index (χ2v) is 8.40. The number of rotatable bonds is 7. The second kappa shape index (κ2) is 9.87. The van der Waals surface area contributed by atoms with Crippen LogP contribution < -0.4 is 0 Å². The molecule has 0 amide bonds. The molecule has 0 spiro atoms. The van der Waals surface area contributed by atoms with Crippen LogP contribution in [0.25, 0.3) is 0 Å². The molecule has 1 aliphatic carbocycles. The highest BCUT2D eigenvalue weighted by molar-refractivity contribution is 5.81. The Morgan fingerprint density at radius 2 is 1.80 bits per heavy atom. The molecule has 3 atom stereocenters. The zero-order valence-electron chi connectivity index (χ0n) is 18.1. The molecule has 2 aromatic rings. The maximum atomic E-state index is 13.3. The largest absolute Gasteiger partial charge is 0.466 e. The zero-order valence-corrected chi connectivity index (χ0v) is 18.1. The number of ether oxygens (including phenoxy) is 2. The summed E-state index contributed by atoms with van der Waals surface area (Å²) in [5.74, 6) is 0.399. The van der Waals surface area contributed by atoms with Crippen LogP contribution in [0.5, 0.6) is 0 Å². The summed E-state index contributed by atoms with van der Waals surface area (Å²) < 4.78 is 11.0. The van der Waals surface area contributed by atoms with Gasteiger partial charge >= 0.3 is 11.9 Å². The fourth-order valence-corrected chi connectivity index (χ4v) is 4.53. The molecule has 0 bridgehead atoms. The molecule has 3 unspecified atom stereocenters. The van der Waals surface area contributed by atoms with Crippen LogP contribution in [0.3, 0.4) is 0 Å². The van der Waals surface area contributed by atoms with Gasteiger partial charge in [0.15, 0.2) is 5.82 Å². The summed E-state index contributed by atoms with van der Waals surface area (Å²) in [6, 6.07) is 9.36. The summed E-state index contributed by atoms with van der Waals surface area (Å²) in [6.07, 6.45) is 1.94. The minimum atomic E-state index is -0.753. The molecule has 0 aliphatic heterocycles. The van der Waals surface area contributed by atoms with E-state index in [1.807, 2.05) is 30.3 Å². The van der Waals surface area contributed by atoms with Crippen molar-refractivity contribution in [1.82, 2.24) is 15.2 Å². The Balaban J connectivity index is 1.82. The van der Waals surface area contributed by atoms with E-state index in [0.29, 0.717) is 36.0 Å². The molecular weight excluding hydrogens is 382 g/mol. The molecule has 1 aromatic heterocycles. The van der Waals surface area contributed by atoms with Crippen LogP contribution in [0.15, 0.2) is 30.3 Å². The van der Waals surface area contributed by atoms with E-state index in [1.54, 1.807) is 6.92 Å². The van der Waals surface area contributed by atoms with Gasteiger partial charge in [-0.25, -0.2) is 4.98 Å². The molecule has 0 radical (unpaired) electrons.